The van der Waals surface area contributed by atoms with Crippen molar-refractivity contribution in [2.24, 2.45) is 10.3 Å². The predicted molar refractivity (Wildman–Crippen MR) is 124 cm³/mol. The predicted octanol–water partition coefficient (Wildman–Crippen LogP) is 2.55. The molecule has 0 fully saturated rings. The number of oxime groups is 2. The van der Waals surface area contributed by atoms with Gasteiger partial charge in [0.25, 0.3) is 11.8 Å². The molecule has 0 aromatic carbocycles. The number of hydrogen-bond acceptors (Lipinski definition) is 10. The van der Waals surface area contributed by atoms with Crippen molar-refractivity contribution in [3.05, 3.63) is 47.3 Å². The van der Waals surface area contributed by atoms with E-state index in [9.17, 15) is 9.59 Å². The molecule has 0 radical (unpaired) electrons. The second kappa shape index (κ2) is 13.5. The molecule has 0 spiro atoms. The summed E-state index contributed by atoms with van der Waals surface area (Å²) in [5.41, 5.74) is -0.0449. The van der Waals surface area contributed by atoms with Crippen molar-refractivity contribution < 1.29 is 28.8 Å². The molecule has 0 aliphatic rings. The van der Waals surface area contributed by atoms with Gasteiger partial charge in [-0.3, -0.25) is 9.59 Å². The van der Waals surface area contributed by atoms with Gasteiger partial charge in [0.2, 0.25) is 0 Å². The van der Waals surface area contributed by atoms with E-state index in [4.69, 9.17) is 19.2 Å². The van der Waals surface area contributed by atoms with Crippen LogP contribution in [0.1, 0.15) is 23.0 Å². The number of carbonyl (C=O) groups excluding carboxylic acids is 2. The number of aryl methyl sites for hydroxylation is 2. The third kappa shape index (κ3) is 8.71. The van der Waals surface area contributed by atoms with Crippen LogP contribution in [0, 0.1) is 13.8 Å². The number of hydrogen-bond donors (Lipinski definition) is 4. The average molecular weight is 483 g/mol. The van der Waals surface area contributed by atoms with E-state index in [-0.39, 0.29) is 24.3 Å². The standard InChI is InChI=1S/C20H26N4O6S2/c1-13-3-5-15(29-13)11-17(23-27)19(25)21-7-9-31-32-10-8-22-20(26)18(24-28)12-16-6-4-14(2)30-16/h3-6,27-28H,7-12H2,1-2H3,(H,21,25)(H,22,26)/b23-17+,24-18+. The molecule has 0 atom stereocenters. The summed E-state index contributed by atoms with van der Waals surface area (Å²) in [6.45, 7) is 4.37. The Balaban J connectivity index is 1.55. The number of furan rings is 2. The molecule has 2 amide bonds. The molecule has 0 saturated carbocycles. The lowest BCUT2D eigenvalue weighted by molar-refractivity contribution is -0.115. The molecule has 2 aromatic heterocycles. The third-order valence-electron chi connectivity index (χ3n) is 4.07. The Morgan fingerprint density at radius 2 is 1.22 bits per heavy atom. The number of amides is 2. The molecule has 4 N–H and O–H groups in total. The van der Waals surface area contributed by atoms with Gasteiger partial charge in [-0.05, 0) is 38.1 Å². The minimum absolute atomic E-state index is 0.0224. The minimum Gasteiger partial charge on any atom is -0.466 e. The number of nitrogens with one attached hydrogen (secondary N) is 2. The summed E-state index contributed by atoms with van der Waals surface area (Å²) in [6, 6.07) is 7.00. The molecule has 32 heavy (non-hydrogen) atoms. The van der Waals surface area contributed by atoms with Gasteiger partial charge < -0.3 is 29.9 Å². The zero-order valence-corrected chi connectivity index (χ0v) is 19.4. The van der Waals surface area contributed by atoms with Crippen LogP contribution in [0.3, 0.4) is 0 Å². The highest BCUT2D eigenvalue weighted by atomic mass is 33.1. The SMILES string of the molecule is Cc1ccc(C/C(=N\O)C(=O)NCCSSCCNC(=O)/C(Cc2ccc(C)o2)=N/O)o1. The van der Waals surface area contributed by atoms with Crippen LogP contribution in [0.5, 0.6) is 0 Å². The highest BCUT2D eigenvalue weighted by molar-refractivity contribution is 8.76. The van der Waals surface area contributed by atoms with E-state index in [0.717, 1.165) is 11.5 Å². The Labute approximate surface area is 193 Å². The van der Waals surface area contributed by atoms with Crippen LogP contribution in [0.4, 0.5) is 0 Å². The molecule has 2 aromatic rings. The highest BCUT2D eigenvalue weighted by Gasteiger charge is 2.15. The summed E-state index contributed by atoms with van der Waals surface area (Å²) in [7, 11) is 3.06. The van der Waals surface area contributed by atoms with Crippen LogP contribution >= 0.6 is 21.6 Å². The smallest absolute Gasteiger partial charge is 0.269 e. The van der Waals surface area contributed by atoms with Crippen molar-refractivity contribution in [3.8, 4) is 0 Å². The van der Waals surface area contributed by atoms with E-state index in [0.29, 0.717) is 36.1 Å². The van der Waals surface area contributed by atoms with Crippen molar-refractivity contribution in [3.63, 3.8) is 0 Å². The van der Waals surface area contributed by atoms with Gasteiger partial charge in [0, 0.05) is 24.6 Å². The van der Waals surface area contributed by atoms with Crippen molar-refractivity contribution in [1.82, 2.24) is 10.6 Å². The molecule has 0 saturated heterocycles. The lowest BCUT2D eigenvalue weighted by Crippen LogP contribution is -2.34. The molecule has 12 heteroatoms. The first-order valence-corrected chi connectivity index (χ1v) is 12.2. The lowest BCUT2D eigenvalue weighted by Gasteiger charge is -2.07. The van der Waals surface area contributed by atoms with Crippen LogP contribution in [0.25, 0.3) is 0 Å². The van der Waals surface area contributed by atoms with Crippen LogP contribution < -0.4 is 10.6 Å². The van der Waals surface area contributed by atoms with Crippen LogP contribution in [0.15, 0.2) is 43.4 Å². The van der Waals surface area contributed by atoms with E-state index >= 15 is 0 Å². The van der Waals surface area contributed by atoms with Crippen molar-refractivity contribution in [2.45, 2.75) is 26.7 Å². The highest BCUT2D eigenvalue weighted by Crippen LogP contribution is 2.19. The number of carbonyl (C=O) groups is 2. The molecule has 174 valence electrons. The Morgan fingerprint density at radius 3 is 1.53 bits per heavy atom. The first kappa shape index (κ1) is 25.4. The quantitative estimate of drug-likeness (QED) is 0.112. The van der Waals surface area contributed by atoms with Gasteiger partial charge in [0.1, 0.15) is 23.0 Å². The largest absolute Gasteiger partial charge is 0.466 e. The Hall–Kier alpha value is -2.86. The normalized spacial score (nSPS) is 12.1. The summed E-state index contributed by atoms with van der Waals surface area (Å²) < 4.78 is 10.8. The van der Waals surface area contributed by atoms with Crippen LogP contribution in [-0.4, -0.2) is 58.2 Å². The summed E-state index contributed by atoms with van der Waals surface area (Å²) in [5.74, 6) is 2.87. The maximum atomic E-state index is 12.1. The van der Waals surface area contributed by atoms with Gasteiger partial charge in [-0.2, -0.15) is 0 Å². The van der Waals surface area contributed by atoms with Gasteiger partial charge in [-0.15, -0.1) is 0 Å². The minimum atomic E-state index is -0.456. The molecule has 0 unspecified atom stereocenters. The fraction of sp³-hybridized carbons (Fsp3) is 0.400. The van der Waals surface area contributed by atoms with Crippen molar-refractivity contribution >= 4 is 44.8 Å². The second-order valence-electron chi connectivity index (χ2n) is 6.63. The zero-order valence-electron chi connectivity index (χ0n) is 17.8. The summed E-state index contributed by atoms with van der Waals surface area (Å²) in [4.78, 5) is 24.1. The summed E-state index contributed by atoms with van der Waals surface area (Å²) in [5, 5.41) is 29.6. The van der Waals surface area contributed by atoms with Crippen molar-refractivity contribution in [1.29, 1.82) is 0 Å². The topological polar surface area (TPSA) is 150 Å². The fourth-order valence-electron chi connectivity index (χ4n) is 2.55. The van der Waals surface area contributed by atoms with E-state index in [1.807, 2.05) is 0 Å². The van der Waals surface area contributed by atoms with E-state index < -0.39 is 11.8 Å². The zero-order chi connectivity index (χ0) is 23.3. The molecule has 0 bridgehead atoms. The fourth-order valence-corrected chi connectivity index (χ4v) is 4.36. The monoisotopic (exact) mass is 482 g/mol. The molecule has 0 aliphatic carbocycles. The Morgan fingerprint density at radius 1 is 0.812 bits per heavy atom. The van der Waals surface area contributed by atoms with Gasteiger partial charge in [0.05, 0.1) is 12.8 Å². The van der Waals surface area contributed by atoms with Gasteiger partial charge >= 0.3 is 0 Å². The number of rotatable bonds is 13. The average Bonchev–Trinajstić information content (AvgIpc) is 3.38. The van der Waals surface area contributed by atoms with Crippen LogP contribution in [-0.2, 0) is 22.4 Å². The van der Waals surface area contributed by atoms with E-state index in [1.165, 1.54) is 21.6 Å². The molecule has 2 rings (SSSR count). The first-order valence-electron chi connectivity index (χ1n) is 9.76. The maximum absolute atomic E-state index is 12.1. The summed E-state index contributed by atoms with van der Waals surface area (Å²) in [6.07, 6.45) is 0.215. The molecule has 10 nitrogen and oxygen atoms in total. The molecule has 0 aliphatic heterocycles. The van der Waals surface area contributed by atoms with Gasteiger partial charge in [0.15, 0.2) is 11.4 Å². The molecule has 2 heterocycles. The number of nitrogens with zero attached hydrogens (tertiary/aromatic N) is 2. The van der Waals surface area contributed by atoms with Crippen molar-refractivity contribution in [2.75, 3.05) is 24.6 Å². The van der Waals surface area contributed by atoms with Gasteiger partial charge in [-0.25, -0.2) is 0 Å². The molecular weight excluding hydrogens is 456 g/mol. The van der Waals surface area contributed by atoms with Gasteiger partial charge in [-0.1, -0.05) is 31.9 Å². The molecular formula is C20H26N4O6S2. The van der Waals surface area contributed by atoms with E-state index in [1.54, 1.807) is 38.1 Å². The Bertz CT molecular complexity index is 877. The lowest BCUT2D eigenvalue weighted by atomic mass is 10.2. The third-order valence-corrected chi connectivity index (χ3v) is 6.47. The maximum Gasteiger partial charge on any atom is 0.269 e. The van der Waals surface area contributed by atoms with Crippen LogP contribution in [0.2, 0.25) is 0 Å². The second-order valence-corrected chi connectivity index (χ2v) is 9.33. The summed E-state index contributed by atoms with van der Waals surface area (Å²) >= 11 is 0. The Kier molecular flexibility index (Phi) is 10.7. The van der Waals surface area contributed by atoms with E-state index in [2.05, 4.69) is 20.9 Å². The first-order chi connectivity index (χ1) is 15.4.